The molecule has 0 aliphatic heterocycles. The molecule has 0 atom stereocenters. The first-order chi connectivity index (χ1) is 8.00. The van der Waals surface area contributed by atoms with Gasteiger partial charge in [0.2, 0.25) is 5.91 Å². The van der Waals surface area contributed by atoms with E-state index in [1.54, 1.807) is 25.1 Å². The fourth-order valence-corrected chi connectivity index (χ4v) is 1.54. The summed E-state index contributed by atoms with van der Waals surface area (Å²) >= 11 is 5.87. The van der Waals surface area contributed by atoms with Crippen molar-refractivity contribution in [2.45, 2.75) is 13.0 Å². The van der Waals surface area contributed by atoms with E-state index in [1.165, 1.54) is 12.1 Å². The summed E-state index contributed by atoms with van der Waals surface area (Å²) in [5.74, 6) is -0.274. The summed E-state index contributed by atoms with van der Waals surface area (Å²) in [4.78, 5) is 12.8. The first-order valence-corrected chi connectivity index (χ1v) is 5.73. The van der Waals surface area contributed by atoms with Crippen LogP contribution >= 0.6 is 11.6 Å². The van der Waals surface area contributed by atoms with Gasteiger partial charge in [-0.15, -0.1) is 0 Å². The Labute approximate surface area is 106 Å². The van der Waals surface area contributed by atoms with Gasteiger partial charge in [-0.3, -0.25) is 4.79 Å². The number of amides is 1. The van der Waals surface area contributed by atoms with Gasteiger partial charge >= 0.3 is 0 Å². The van der Waals surface area contributed by atoms with Crippen molar-refractivity contribution in [1.82, 2.24) is 10.2 Å². The molecule has 0 saturated carbocycles. The highest BCUT2D eigenvalue weighted by Crippen LogP contribution is 2.16. The molecule has 0 radical (unpaired) electrons. The molecule has 94 valence electrons. The molecule has 0 saturated heterocycles. The molecule has 17 heavy (non-hydrogen) atoms. The molecule has 1 amide bonds. The molecule has 0 bridgehead atoms. The van der Waals surface area contributed by atoms with Crippen LogP contribution in [-0.4, -0.2) is 31.4 Å². The van der Waals surface area contributed by atoms with Crippen molar-refractivity contribution in [2.24, 2.45) is 0 Å². The Bertz CT molecular complexity index is 396. The van der Waals surface area contributed by atoms with Gasteiger partial charge in [0.1, 0.15) is 5.82 Å². The largest absolute Gasteiger partial charge is 0.349 e. The summed E-state index contributed by atoms with van der Waals surface area (Å²) in [6, 6.07) is 4.29. The monoisotopic (exact) mass is 258 g/mol. The zero-order valence-electron chi connectivity index (χ0n) is 9.96. The molecule has 0 aromatic heterocycles. The second-order valence-electron chi connectivity index (χ2n) is 3.95. The van der Waals surface area contributed by atoms with Crippen LogP contribution in [0.15, 0.2) is 18.2 Å². The first kappa shape index (κ1) is 13.9. The number of nitrogens with zero attached hydrogens (tertiary/aromatic N) is 1. The van der Waals surface area contributed by atoms with Crippen LogP contribution in [0.5, 0.6) is 0 Å². The number of halogens is 2. The first-order valence-electron chi connectivity index (χ1n) is 5.35. The minimum Gasteiger partial charge on any atom is -0.349 e. The Morgan fingerprint density at radius 3 is 2.76 bits per heavy atom. The summed E-state index contributed by atoms with van der Waals surface area (Å²) in [6.07, 6.45) is 0.436. The standard InChI is InChI=1S/C12H16ClFN2O/c1-16(2)12(17)5-6-15-8-9-3-4-10(14)7-11(9)13/h3-4,7,15H,5-6,8H2,1-2H3. The lowest BCUT2D eigenvalue weighted by Gasteiger charge is -2.11. The van der Waals surface area contributed by atoms with Gasteiger partial charge in [-0.05, 0) is 17.7 Å². The second-order valence-corrected chi connectivity index (χ2v) is 4.36. The zero-order valence-corrected chi connectivity index (χ0v) is 10.7. The predicted molar refractivity (Wildman–Crippen MR) is 66.4 cm³/mol. The molecule has 1 N–H and O–H groups in total. The zero-order chi connectivity index (χ0) is 12.8. The maximum absolute atomic E-state index is 12.8. The molecular formula is C12H16ClFN2O. The Kier molecular flexibility index (Phi) is 5.38. The number of hydrogen-bond donors (Lipinski definition) is 1. The van der Waals surface area contributed by atoms with Crippen LogP contribution < -0.4 is 5.32 Å². The number of carbonyl (C=O) groups is 1. The van der Waals surface area contributed by atoms with E-state index in [2.05, 4.69) is 5.32 Å². The number of benzene rings is 1. The molecule has 1 rings (SSSR count). The Morgan fingerprint density at radius 2 is 2.18 bits per heavy atom. The van der Waals surface area contributed by atoms with Crippen LogP contribution in [0.25, 0.3) is 0 Å². The van der Waals surface area contributed by atoms with Crippen molar-refractivity contribution >= 4 is 17.5 Å². The summed E-state index contributed by atoms with van der Waals surface area (Å²) in [6.45, 7) is 1.10. The van der Waals surface area contributed by atoms with Crippen molar-refractivity contribution in [3.63, 3.8) is 0 Å². The highest BCUT2D eigenvalue weighted by Gasteiger charge is 2.04. The quantitative estimate of drug-likeness (QED) is 0.820. The smallest absolute Gasteiger partial charge is 0.223 e. The summed E-state index contributed by atoms with van der Waals surface area (Å²) in [7, 11) is 3.44. The number of carbonyl (C=O) groups excluding carboxylic acids is 1. The molecule has 1 aromatic rings. The van der Waals surface area contributed by atoms with E-state index in [0.29, 0.717) is 24.5 Å². The van der Waals surface area contributed by atoms with Gasteiger partial charge in [-0.25, -0.2) is 4.39 Å². The molecule has 1 aromatic carbocycles. The molecule has 0 spiro atoms. The minimum absolute atomic E-state index is 0.0719. The third-order valence-corrected chi connectivity index (χ3v) is 2.70. The summed E-state index contributed by atoms with van der Waals surface area (Å²) in [5, 5.41) is 3.49. The second kappa shape index (κ2) is 6.57. The van der Waals surface area contributed by atoms with E-state index in [1.807, 2.05) is 0 Å². The molecule has 0 aliphatic carbocycles. The number of hydrogen-bond acceptors (Lipinski definition) is 2. The van der Waals surface area contributed by atoms with Crippen molar-refractivity contribution < 1.29 is 9.18 Å². The topological polar surface area (TPSA) is 32.3 Å². The van der Waals surface area contributed by atoms with Gasteiger partial charge < -0.3 is 10.2 Å². The van der Waals surface area contributed by atoms with Crippen LogP contribution in [0.2, 0.25) is 5.02 Å². The average Bonchev–Trinajstić information content (AvgIpc) is 2.26. The molecule has 5 heteroatoms. The van der Waals surface area contributed by atoms with Gasteiger partial charge in [0.25, 0.3) is 0 Å². The normalized spacial score (nSPS) is 10.4. The van der Waals surface area contributed by atoms with Crippen molar-refractivity contribution in [3.8, 4) is 0 Å². The Balaban J connectivity index is 2.34. The molecule has 0 aliphatic rings. The van der Waals surface area contributed by atoms with Crippen molar-refractivity contribution in [2.75, 3.05) is 20.6 Å². The van der Waals surface area contributed by atoms with Crippen LogP contribution in [0.4, 0.5) is 4.39 Å². The maximum Gasteiger partial charge on any atom is 0.223 e. The predicted octanol–water partition coefficient (Wildman–Crippen LogP) is 2.05. The summed E-state index contributed by atoms with van der Waals surface area (Å²) in [5.41, 5.74) is 0.824. The highest BCUT2D eigenvalue weighted by molar-refractivity contribution is 6.31. The van der Waals surface area contributed by atoms with Crippen molar-refractivity contribution in [3.05, 3.63) is 34.6 Å². The molecule has 0 heterocycles. The Hall–Kier alpha value is -1.13. The van der Waals surface area contributed by atoms with E-state index < -0.39 is 0 Å². The molecule has 0 unspecified atom stereocenters. The van der Waals surface area contributed by atoms with Gasteiger partial charge in [-0.1, -0.05) is 17.7 Å². The van der Waals surface area contributed by atoms with Crippen LogP contribution in [-0.2, 0) is 11.3 Å². The molecule has 3 nitrogen and oxygen atoms in total. The summed E-state index contributed by atoms with van der Waals surface area (Å²) < 4.78 is 12.8. The fraction of sp³-hybridized carbons (Fsp3) is 0.417. The SMILES string of the molecule is CN(C)C(=O)CCNCc1ccc(F)cc1Cl. The maximum atomic E-state index is 12.8. The lowest BCUT2D eigenvalue weighted by atomic mass is 10.2. The molecule has 0 fully saturated rings. The van der Waals surface area contributed by atoms with Crippen LogP contribution in [0, 0.1) is 5.82 Å². The number of nitrogens with one attached hydrogen (secondary N) is 1. The van der Waals surface area contributed by atoms with Crippen LogP contribution in [0.3, 0.4) is 0 Å². The lowest BCUT2D eigenvalue weighted by molar-refractivity contribution is -0.128. The van der Waals surface area contributed by atoms with E-state index >= 15 is 0 Å². The average molecular weight is 259 g/mol. The highest BCUT2D eigenvalue weighted by atomic mass is 35.5. The van der Waals surface area contributed by atoms with Gasteiger partial charge in [-0.2, -0.15) is 0 Å². The van der Waals surface area contributed by atoms with Gasteiger partial charge in [0.15, 0.2) is 0 Å². The van der Waals surface area contributed by atoms with E-state index in [0.717, 1.165) is 5.56 Å². The van der Waals surface area contributed by atoms with Crippen LogP contribution in [0.1, 0.15) is 12.0 Å². The third-order valence-electron chi connectivity index (χ3n) is 2.35. The van der Waals surface area contributed by atoms with Crippen molar-refractivity contribution in [1.29, 1.82) is 0 Å². The Morgan fingerprint density at radius 1 is 1.47 bits per heavy atom. The third kappa shape index (κ3) is 4.71. The van der Waals surface area contributed by atoms with E-state index in [9.17, 15) is 9.18 Å². The number of rotatable bonds is 5. The van der Waals surface area contributed by atoms with E-state index in [-0.39, 0.29) is 11.7 Å². The fourth-order valence-electron chi connectivity index (χ4n) is 1.31. The van der Waals surface area contributed by atoms with Gasteiger partial charge in [0.05, 0.1) is 0 Å². The van der Waals surface area contributed by atoms with E-state index in [4.69, 9.17) is 11.6 Å². The van der Waals surface area contributed by atoms with Gasteiger partial charge in [0, 0.05) is 38.6 Å². The molecular weight excluding hydrogens is 243 g/mol. The lowest BCUT2D eigenvalue weighted by Crippen LogP contribution is -2.26. The minimum atomic E-state index is -0.346.